The number of carbonyl (C=O) groups excluding carboxylic acids is 1. The van der Waals surface area contributed by atoms with E-state index in [9.17, 15) is 4.79 Å². The molecule has 2 heterocycles. The third-order valence-electron chi connectivity index (χ3n) is 4.37. The Kier molecular flexibility index (Phi) is 6.37. The SMILES string of the molecule is Cc1c(C(=O)NCc2ccncc2)c(CC(C)C)nn1-c1ccc(Cl)c(Cl)c1. The second-order valence-electron chi connectivity index (χ2n) is 7.05. The molecule has 3 rings (SSSR count). The number of hydrogen-bond acceptors (Lipinski definition) is 3. The molecule has 0 unspecified atom stereocenters. The highest BCUT2D eigenvalue weighted by atomic mass is 35.5. The van der Waals surface area contributed by atoms with Crippen LogP contribution in [0.25, 0.3) is 5.69 Å². The Labute approximate surface area is 174 Å². The number of rotatable bonds is 6. The molecule has 0 aliphatic carbocycles. The lowest BCUT2D eigenvalue weighted by Gasteiger charge is -2.08. The topological polar surface area (TPSA) is 59.8 Å². The van der Waals surface area contributed by atoms with E-state index in [0.717, 1.165) is 22.6 Å². The lowest BCUT2D eigenvalue weighted by Crippen LogP contribution is -2.24. The van der Waals surface area contributed by atoms with Crippen LogP contribution in [0.1, 0.15) is 41.2 Å². The molecule has 7 heteroatoms. The van der Waals surface area contributed by atoms with Crippen molar-refractivity contribution in [2.75, 3.05) is 0 Å². The predicted molar refractivity (Wildman–Crippen MR) is 112 cm³/mol. The number of aromatic nitrogens is 3. The molecule has 2 aromatic heterocycles. The summed E-state index contributed by atoms with van der Waals surface area (Å²) in [6.07, 6.45) is 4.12. The van der Waals surface area contributed by atoms with Gasteiger partial charge in [-0.25, -0.2) is 4.68 Å². The van der Waals surface area contributed by atoms with Gasteiger partial charge < -0.3 is 5.32 Å². The molecule has 0 spiro atoms. The largest absolute Gasteiger partial charge is 0.348 e. The Morgan fingerprint density at radius 2 is 1.86 bits per heavy atom. The van der Waals surface area contributed by atoms with Crippen LogP contribution in [0.5, 0.6) is 0 Å². The van der Waals surface area contributed by atoms with Crippen molar-refractivity contribution in [3.8, 4) is 5.69 Å². The summed E-state index contributed by atoms with van der Waals surface area (Å²) < 4.78 is 1.75. The van der Waals surface area contributed by atoms with Crippen molar-refractivity contribution in [1.82, 2.24) is 20.1 Å². The molecule has 1 aromatic carbocycles. The van der Waals surface area contributed by atoms with E-state index >= 15 is 0 Å². The molecule has 1 amide bonds. The fourth-order valence-electron chi connectivity index (χ4n) is 3.02. The number of benzene rings is 1. The predicted octanol–water partition coefficient (Wildman–Crippen LogP) is 5.01. The lowest BCUT2D eigenvalue weighted by atomic mass is 10.0. The first-order valence-electron chi connectivity index (χ1n) is 9.07. The zero-order chi connectivity index (χ0) is 20.3. The van der Waals surface area contributed by atoms with Crippen LogP contribution in [0.2, 0.25) is 10.0 Å². The maximum Gasteiger partial charge on any atom is 0.255 e. The van der Waals surface area contributed by atoms with Crippen molar-refractivity contribution in [3.05, 3.63) is 75.3 Å². The third kappa shape index (κ3) is 4.54. The van der Waals surface area contributed by atoms with E-state index in [1.165, 1.54) is 0 Å². The number of hydrogen-bond donors (Lipinski definition) is 1. The van der Waals surface area contributed by atoms with Gasteiger partial charge in [-0.1, -0.05) is 37.0 Å². The van der Waals surface area contributed by atoms with Crippen LogP contribution < -0.4 is 5.32 Å². The first kappa shape index (κ1) is 20.4. The third-order valence-corrected chi connectivity index (χ3v) is 5.11. The number of amides is 1. The summed E-state index contributed by atoms with van der Waals surface area (Å²) in [6, 6.07) is 9.07. The molecule has 0 radical (unpaired) electrons. The summed E-state index contributed by atoms with van der Waals surface area (Å²) in [6.45, 7) is 6.53. The zero-order valence-corrected chi connectivity index (χ0v) is 17.6. The van der Waals surface area contributed by atoms with Crippen molar-refractivity contribution in [1.29, 1.82) is 0 Å². The first-order chi connectivity index (χ1) is 13.4. The van der Waals surface area contributed by atoms with Crippen LogP contribution in [0.4, 0.5) is 0 Å². The molecule has 0 aliphatic rings. The number of pyridine rings is 1. The Hall–Kier alpha value is -2.37. The standard InChI is InChI=1S/C21H22Cl2N4O/c1-13(2)10-19-20(21(28)25-12-15-6-8-24-9-7-15)14(3)27(26-19)16-4-5-17(22)18(23)11-16/h4-9,11,13H,10,12H2,1-3H3,(H,25,28). The molecule has 1 N–H and O–H groups in total. The summed E-state index contributed by atoms with van der Waals surface area (Å²) in [5.74, 6) is 0.222. The summed E-state index contributed by atoms with van der Waals surface area (Å²) in [5.41, 5.74) is 3.90. The summed E-state index contributed by atoms with van der Waals surface area (Å²) in [4.78, 5) is 17.0. The van der Waals surface area contributed by atoms with Gasteiger partial charge in [0.25, 0.3) is 5.91 Å². The lowest BCUT2D eigenvalue weighted by molar-refractivity contribution is 0.0949. The minimum atomic E-state index is -0.142. The van der Waals surface area contributed by atoms with Crippen LogP contribution in [0, 0.1) is 12.8 Å². The van der Waals surface area contributed by atoms with Crippen molar-refractivity contribution < 1.29 is 4.79 Å². The fraction of sp³-hybridized carbons (Fsp3) is 0.286. The van der Waals surface area contributed by atoms with Gasteiger partial charge >= 0.3 is 0 Å². The Balaban J connectivity index is 1.95. The number of nitrogens with one attached hydrogen (secondary N) is 1. The molecule has 5 nitrogen and oxygen atoms in total. The maximum absolute atomic E-state index is 13.0. The minimum Gasteiger partial charge on any atom is -0.348 e. The van der Waals surface area contributed by atoms with Gasteiger partial charge in [-0.05, 0) is 55.2 Å². The molecule has 3 aromatic rings. The molecule has 146 valence electrons. The van der Waals surface area contributed by atoms with Gasteiger partial charge in [-0.2, -0.15) is 5.10 Å². The summed E-state index contributed by atoms with van der Waals surface area (Å²) in [7, 11) is 0. The van der Waals surface area contributed by atoms with E-state index in [1.54, 1.807) is 29.2 Å². The van der Waals surface area contributed by atoms with Crippen LogP contribution in [0.15, 0.2) is 42.7 Å². The second kappa shape index (κ2) is 8.76. The Morgan fingerprint density at radius 3 is 2.50 bits per heavy atom. The van der Waals surface area contributed by atoms with Crippen LogP contribution in [-0.2, 0) is 13.0 Å². The van der Waals surface area contributed by atoms with Gasteiger partial charge in [0.15, 0.2) is 0 Å². The molecular weight excluding hydrogens is 395 g/mol. The quantitative estimate of drug-likeness (QED) is 0.613. The Bertz CT molecular complexity index is 984. The van der Waals surface area contributed by atoms with E-state index in [4.69, 9.17) is 28.3 Å². The molecule has 0 saturated carbocycles. The Morgan fingerprint density at radius 1 is 1.14 bits per heavy atom. The van der Waals surface area contributed by atoms with Gasteiger partial charge in [-0.15, -0.1) is 0 Å². The summed E-state index contributed by atoms with van der Waals surface area (Å²) in [5, 5.41) is 8.63. The van der Waals surface area contributed by atoms with Gasteiger partial charge in [0.2, 0.25) is 0 Å². The number of nitrogens with zero attached hydrogens (tertiary/aromatic N) is 3. The van der Waals surface area contributed by atoms with Gasteiger partial charge in [0, 0.05) is 18.9 Å². The molecule has 28 heavy (non-hydrogen) atoms. The molecule has 0 bridgehead atoms. The average molecular weight is 417 g/mol. The zero-order valence-electron chi connectivity index (χ0n) is 16.0. The fourth-order valence-corrected chi connectivity index (χ4v) is 3.32. The van der Waals surface area contributed by atoms with Gasteiger partial charge in [0.1, 0.15) is 0 Å². The number of halogens is 2. The minimum absolute atomic E-state index is 0.142. The van der Waals surface area contributed by atoms with E-state index in [0.29, 0.717) is 34.5 Å². The highest BCUT2D eigenvalue weighted by Gasteiger charge is 2.22. The smallest absolute Gasteiger partial charge is 0.255 e. The highest BCUT2D eigenvalue weighted by molar-refractivity contribution is 6.42. The summed E-state index contributed by atoms with van der Waals surface area (Å²) >= 11 is 12.2. The van der Waals surface area contributed by atoms with Crippen molar-refractivity contribution in [2.45, 2.75) is 33.7 Å². The van der Waals surface area contributed by atoms with Crippen LogP contribution in [-0.4, -0.2) is 20.7 Å². The van der Waals surface area contributed by atoms with E-state index in [1.807, 2.05) is 25.1 Å². The number of carbonyl (C=O) groups is 1. The van der Waals surface area contributed by atoms with E-state index in [2.05, 4.69) is 24.1 Å². The van der Waals surface area contributed by atoms with E-state index < -0.39 is 0 Å². The van der Waals surface area contributed by atoms with Gasteiger partial charge in [0.05, 0.1) is 32.7 Å². The van der Waals surface area contributed by atoms with E-state index in [-0.39, 0.29) is 5.91 Å². The molecule has 0 fully saturated rings. The second-order valence-corrected chi connectivity index (χ2v) is 7.87. The van der Waals surface area contributed by atoms with Crippen molar-refractivity contribution in [3.63, 3.8) is 0 Å². The first-order valence-corrected chi connectivity index (χ1v) is 9.83. The average Bonchev–Trinajstić information content (AvgIpc) is 2.98. The normalized spacial score (nSPS) is 11.1. The monoisotopic (exact) mass is 416 g/mol. The van der Waals surface area contributed by atoms with Crippen LogP contribution in [0.3, 0.4) is 0 Å². The molecular formula is C21H22Cl2N4O. The van der Waals surface area contributed by atoms with Crippen molar-refractivity contribution >= 4 is 29.1 Å². The van der Waals surface area contributed by atoms with Crippen molar-refractivity contribution in [2.24, 2.45) is 5.92 Å². The molecule has 0 aliphatic heterocycles. The molecule has 0 saturated heterocycles. The highest BCUT2D eigenvalue weighted by Crippen LogP contribution is 2.27. The van der Waals surface area contributed by atoms with Gasteiger partial charge in [-0.3, -0.25) is 9.78 Å². The van der Waals surface area contributed by atoms with Crippen LogP contribution >= 0.6 is 23.2 Å². The maximum atomic E-state index is 13.0. The molecule has 0 atom stereocenters.